The molecule has 3 aromatic rings. The Morgan fingerprint density at radius 2 is 1.65 bits per heavy atom. The number of alkyl halides is 1. The largest absolute Gasteiger partial charge is 0.117 e. The minimum Gasteiger partial charge on any atom is -0.117 e. The zero-order chi connectivity index (χ0) is 13.9. The number of benzene rings is 3. The van der Waals surface area contributed by atoms with Gasteiger partial charge in [-0.25, -0.2) is 0 Å². The molecule has 3 rings (SSSR count). The molecule has 0 saturated carbocycles. The fraction of sp³-hybridized carbons (Fsp3) is 0.111. The zero-order valence-electron chi connectivity index (χ0n) is 10.9. The van der Waals surface area contributed by atoms with E-state index in [1.54, 1.807) is 0 Å². The van der Waals surface area contributed by atoms with Gasteiger partial charge in [-0.1, -0.05) is 64.5 Å². The SMILES string of the molecule is ClC(Cc1cccc(Br)c1)c1ccc2ccccc2c1. The van der Waals surface area contributed by atoms with Gasteiger partial charge in [0.15, 0.2) is 0 Å². The Balaban J connectivity index is 1.86. The third-order valence-electron chi connectivity index (χ3n) is 3.44. The molecule has 0 aliphatic carbocycles. The van der Waals surface area contributed by atoms with Crippen LogP contribution in [-0.2, 0) is 6.42 Å². The van der Waals surface area contributed by atoms with Crippen LogP contribution in [0, 0.1) is 0 Å². The van der Waals surface area contributed by atoms with Crippen LogP contribution in [-0.4, -0.2) is 0 Å². The summed E-state index contributed by atoms with van der Waals surface area (Å²) in [7, 11) is 0. The van der Waals surface area contributed by atoms with Gasteiger partial charge < -0.3 is 0 Å². The van der Waals surface area contributed by atoms with E-state index in [9.17, 15) is 0 Å². The van der Waals surface area contributed by atoms with Crippen molar-refractivity contribution in [1.82, 2.24) is 0 Å². The summed E-state index contributed by atoms with van der Waals surface area (Å²) in [5.41, 5.74) is 2.41. The van der Waals surface area contributed by atoms with Gasteiger partial charge in [0.25, 0.3) is 0 Å². The third kappa shape index (κ3) is 3.05. The highest BCUT2D eigenvalue weighted by Crippen LogP contribution is 2.28. The highest BCUT2D eigenvalue weighted by molar-refractivity contribution is 9.10. The highest BCUT2D eigenvalue weighted by Gasteiger charge is 2.09. The van der Waals surface area contributed by atoms with Crippen molar-refractivity contribution in [2.45, 2.75) is 11.8 Å². The van der Waals surface area contributed by atoms with Gasteiger partial charge in [-0.15, -0.1) is 11.6 Å². The molecule has 0 nitrogen and oxygen atoms in total. The molecular formula is C18H14BrCl. The average Bonchev–Trinajstić information content (AvgIpc) is 2.47. The van der Waals surface area contributed by atoms with Crippen molar-refractivity contribution in [3.05, 3.63) is 82.3 Å². The summed E-state index contributed by atoms with van der Waals surface area (Å²) in [5, 5.41) is 2.49. The Bertz CT molecular complexity index is 736. The first kappa shape index (κ1) is 13.7. The van der Waals surface area contributed by atoms with Gasteiger partial charge in [-0.05, 0) is 46.5 Å². The van der Waals surface area contributed by atoms with Gasteiger partial charge in [0.2, 0.25) is 0 Å². The van der Waals surface area contributed by atoms with Gasteiger partial charge in [-0.3, -0.25) is 0 Å². The number of fused-ring (bicyclic) bond motifs is 1. The molecule has 0 amide bonds. The second kappa shape index (κ2) is 5.99. The van der Waals surface area contributed by atoms with Gasteiger partial charge >= 0.3 is 0 Å². The van der Waals surface area contributed by atoms with E-state index < -0.39 is 0 Å². The molecule has 0 bridgehead atoms. The number of rotatable bonds is 3. The summed E-state index contributed by atoms with van der Waals surface area (Å²) < 4.78 is 1.09. The summed E-state index contributed by atoms with van der Waals surface area (Å²) in [4.78, 5) is 0. The van der Waals surface area contributed by atoms with Crippen LogP contribution in [0.3, 0.4) is 0 Å². The maximum absolute atomic E-state index is 6.58. The van der Waals surface area contributed by atoms with Crippen LogP contribution in [0.5, 0.6) is 0 Å². The number of halogens is 2. The first-order valence-electron chi connectivity index (χ1n) is 6.59. The molecule has 2 heteroatoms. The maximum atomic E-state index is 6.58. The molecule has 0 fully saturated rings. The Labute approximate surface area is 132 Å². The fourth-order valence-corrected chi connectivity index (χ4v) is 3.15. The Morgan fingerprint density at radius 1 is 0.850 bits per heavy atom. The molecule has 100 valence electrons. The van der Waals surface area contributed by atoms with E-state index in [1.165, 1.54) is 21.9 Å². The first-order valence-corrected chi connectivity index (χ1v) is 7.82. The topological polar surface area (TPSA) is 0 Å². The standard InChI is InChI=1S/C18H14BrCl/c19-17-7-3-4-13(10-17)11-18(20)16-9-8-14-5-1-2-6-15(14)12-16/h1-10,12,18H,11H2. The van der Waals surface area contributed by atoms with Crippen LogP contribution in [0.15, 0.2) is 71.2 Å². The number of hydrogen-bond donors (Lipinski definition) is 0. The smallest absolute Gasteiger partial charge is 0.0625 e. The lowest BCUT2D eigenvalue weighted by Crippen LogP contribution is -1.96. The third-order valence-corrected chi connectivity index (χ3v) is 4.34. The quantitative estimate of drug-likeness (QED) is 0.501. The molecule has 0 aromatic heterocycles. The molecule has 1 atom stereocenters. The van der Waals surface area contributed by atoms with E-state index in [2.05, 4.69) is 70.5 Å². The lowest BCUT2D eigenvalue weighted by molar-refractivity contribution is 0.921. The summed E-state index contributed by atoms with van der Waals surface area (Å²) >= 11 is 10.1. The molecule has 0 spiro atoms. The summed E-state index contributed by atoms with van der Waals surface area (Å²) in [6.07, 6.45) is 0.833. The molecule has 0 aliphatic heterocycles. The number of hydrogen-bond acceptors (Lipinski definition) is 0. The average molecular weight is 346 g/mol. The Kier molecular flexibility index (Phi) is 4.09. The first-order chi connectivity index (χ1) is 9.72. The molecule has 0 aliphatic rings. The van der Waals surface area contributed by atoms with Crippen LogP contribution in [0.2, 0.25) is 0 Å². The van der Waals surface area contributed by atoms with Crippen molar-refractivity contribution in [1.29, 1.82) is 0 Å². The van der Waals surface area contributed by atoms with Crippen LogP contribution < -0.4 is 0 Å². The summed E-state index contributed by atoms with van der Waals surface area (Å²) in [5.74, 6) is 0. The highest BCUT2D eigenvalue weighted by atomic mass is 79.9. The monoisotopic (exact) mass is 344 g/mol. The van der Waals surface area contributed by atoms with Crippen molar-refractivity contribution in [3.63, 3.8) is 0 Å². The predicted octanol–water partition coefficient (Wildman–Crippen LogP) is 6.12. The van der Waals surface area contributed by atoms with Crippen LogP contribution >= 0.6 is 27.5 Å². The zero-order valence-corrected chi connectivity index (χ0v) is 13.2. The molecule has 20 heavy (non-hydrogen) atoms. The van der Waals surface area contributed by atoms with Gasteiger partial charge in [0.1, 0.15) is 0 Å². The van der Waals surface area contributed by atoms with Crippen molar-refractivity contribution >= 4 is 38.3 Å². The van der Waals surface area contributed by atoms with E-state index in [0.29, 0.717) is 0 Å². The fourth-order valence-electron chi connectivity index (χ4n) is 2.39. The lowest BCUT2D eigenvalue weighted by Gasteiger charge is -2.11. The minimum atomic E-state index is -0.00564. The molecule has 3 aromatic carbocycles. The molecular weight excluding hydrogens is 332 g/mol. The van der Waals surface area contributed by atoms with Crippen molar-refractivity contribution in [2.75, 3.05) is 0 Å². The Morgan fingerprint density at radius 3 is 2.45 bits per heavy atom. The second-order valence-electron chi connectivity index (χ2n) is 4.91. The second-order valence-corrected chi connectivity index (χ2v) is 6.35. The molecule has 0 N–H and O–H groups in total. The van der Waals surface area contributed by atoms with Crippen molar-refractivity contribution < 1.29 is 0 Å². The molecule has 0 heterocycles. The summed E-state index contributed by atoms with van der Waals surface area (Å²) in [6.45, 7) is 0. The van der Waals surface area contributed by atoms with E-state index in [4.69, 9.17) is 11.6 Å². The van der Waals surface area contributed by atoms with Gasteiger partial charge in [-0.2, -0.15) is 0 Å². The van der Waals surface area contributed by atoms with Crippen molar-refractivity contribution in [3.8, 4) is 0 Å². The van der Waals surface area contributed by atoms with Crippen LogP contribution in [0.1, 0.15) is 16.5 Å². The normalized spacial score (nSPS) is 12.5. The minimum absolute atomic E-state index is 0.00564. The summed E-state index contributed by atoms with van der Waals surface area (Å²) in [6, 6.07) is 23.1. The van der Waals surface area contributed by atoms with Gasteiger partial charge in [0.05, 0.1) is 5.38 Å². The van der Waals surface area contributed by atoms with E-state index in [0.717, 1.165) is 10.9 Å². The predicted molar refractivity (Wildman–Crippen MR) is 90.4 cm³/mol. The maximum Gasteiger partial charge on any atom is 0.0625 e. The lowest BCUT2D eigenvalue weighted by atomic mass is 10.0. The molecule has 1 unspecified atom stereocenters. The molecule has 0 radical (unpaired) electrons. The van der Waals surface area contributed by atoms with E-state index in [1.807, 2.05) is 12.1 Å². The van der Waals surface area contributed by atoms with E-state index in [-0.39, 0.29) is 5.38 Å². The van der Waals surface area contributed by atoms with Gasteiger partial charge in [0, 0.05) is 4.47 Å². The van der Waals surface area contributed by atoms with Crippen LogP contribution in [0.25, 0.3) is 10.8 Å². The molecule has 0 saturated heterocycles. The van der Waals surface area contributed by atoms with E-state index >= 15 is 0 Å². The van der Waals surface area contributed by atoms with Crippen molar-refractivity contribution in [2.24, 2.45) is 0 Å². The van der Waals surface area contributed by atoms with Crippen LogP contribution in [0.4, 0.5) is 0 Å². The Hall–Kier alpha value is -1.31.